The Labute approximate surface area is 83.5 Å². The predicted octanol–water partition coefficient (Wildman–Crippen LogP) is 2.79. The zero-order valence-corrected chi connectivity index (χ0v) is 8.80. The predicted molar refractivity (Wildman–Crippen MR) is 57.2 cm³/mol. The second-order valence-electron chi connectivity index (χ2n) is 3.13. The van der Waals surface area contributed by atoms with Gasteiger partial charge in [-0.3, -0.25) is 0 Å². The summed E-state index contributed by atoms with van der Waals surface area (Å²) in [5, 5.41) is 0. The highest BCUT2D eigenvalue weighted by Gasteiger charge is 2.05. The lowest BCUT2D eigenvalue weighted by Crippen LogP contribution is -2.01. The number of hydrogen-bond donors (Lipinski definition) is 0. The number of benzene rings is 1. The van der Waals surface area contributed by atoms with Gasteiger partial charge < -0.3 is 4.79 Å². The lowest BCUT2D eigenvalue weighted by atomic mass is 10.0. The van der Waals surface area contributed by atoms with Crippen LogP contribution < -0.4 is 0 Å². The first-order valence-electron chi connectivity index (χ1n) is 4.35. The highest BCUT2D eigenvalue weighted by molar-refractivity contribution is 7.98. The molecule has 13 heavy (non-hydrogen) atoms. The summed E-state index contributed by atoms with van der Waals surface area (Å²) in [5.41, 5.74) is 1.27. The van der Waals surface area contributed by atoms with Crippen molar-refractivity contribution in [2.75, 3.05) is 6.26 Å². The average molecular weight is 194 g/mol. The number of carbonyl (C=O) groups is 1. The topological polar surface area (TPSA) is 17.1 Å². The van der Waals surface area contributed by atoms with Gasteiger partial charge in [-0.2, -0.15) is 0 Å². The molecule has 0 fully saturated rings. The fourth-order valence-electron chi connectivity index (χ4n) is 1.27. The van der Waals surface area contributed by atoms with Crippen LogP contribution in [-0.2, 0) is 11.2 Å². The summed E-state index contributed by atoms with van der Waals surface area (Å²) >= 11 is 1.73. The Morgan fingerprint density at radius 2 is 2.15 bits per heavy atom. The van der Waals surface area contributed by atoms with E-state index in [1.165, 1.54) is 10.5 Å². The Balaban J connectivity index is 2.80. The summed E-state index contributed by atoms with van der Waals surface area (Å²) < 4.78 is 0. The molecule has 0 amide bonds. The minimum absolute atomic E-state index is 0.119. The quantitative estimate of drug-likeness (QED) is 0.541. The standard InChI is InChI=1S/C11H14OS/c1-9(8-12)7-10-5-3-4-6-11(10)13-2/h3-6,8-9H,7H2,1-2H3. The van der Waals surface area contributed by atoms with Crippen molar-refractivity contribution in [1.82, 2.24) is 0 Å². The fraction of sp³-hybridized carbons (Fsp3) is 0.364. The molecule has 0 heterocycles. The molecule has 0 aliphatic rings. The first kappa shape index (κ1) is 10.3. The molecule has 1 rings (SSSR count). The summed E-state index contributed by atoms with van der Waals surface area (Å²) in [6.07, 6.45) is 3.92. The molecule has 1 atom stereocenters. The largest absolute Gasteiger partial charge is 0.303 e. The van der Waals surface area contributed by atoms with E-state index in [-0.39, 0.29) is 5.92 Å². The van der Waals surface area contributed by atoms with E-state index < -0.39 is 0 Å². The van der Waals surface area contributed by atoms with E-state index in [0.717, 1.165) is 12.7 Å². The van der Waals surface area contributed by atoms with Crippen LogP contribution in [0.1, 0.15) is 12.5 Å². The second kappa shape index (κ2) is 5.07. The van der Waals surface area contributed by atoms with Gasteiger partial charge in [-0.25, -0.2) is 0 Å². The van der Waals surface area contributed by atoms with Gasteiger partial charge in [-0.15, -0.1) is 11.8 Å². The van der Waals surface area contributed by atoms with Crippen LogP contribution in [0, 0.1) is 5.92 Å². The Morgan fingerprint density at radius 1 is 1.46 bits per heavy atom. The molecular formula is C11H14OS. The lowest BCUT2D eigenvalue weighted by molar-refractivity contribution is -0.110. The monoisotopic (exact) mass is 194 g/mol. The molecule has 70 valence electrons. The maximum Gasteiger partial charge on any atom is 0.123 e. The van der Waals surface area contributed by atoms with E-state index in [1.807, 2.05) is 19.1 Å². The van der Waals surface area contributed by atoms with Crippen molar-refractivity contribution < 1.29 is 4.79 Å². The maximum atomic E-state index is 10.5. The van der Waals surface area contributed by atoms with Gasteiger partial charge in [0, 0.05) is 10.8 Å². The third-order valence-corrected chi connectivity index (χ3v) is 2.80. The maximum absolute atomic E-state index is 10.5. The molecular weight excluding hydrogens is 180 g/mol. The van der Waals surface area contributed by atoms with Gasteiger partial charge in [0.1, 0.15) is 6.29 Å². The second-order valence-corrected chi connectivity index (χ2v) is 3.98. The Morgan fingerprint density at radius 3 is 2.77 bits per heavy atom. The molecule has 1 aromatic carbocycles. The van der Waals surface area contributed by atoms with Gasteiger partial charge in [0.05, 0.1) is 0 Å². The van der Waals surface area contributed by atoms with Crippen LogP contribution in [0.3, 0.4) is 0 Å². The first-order valence-corrected chi connectivity index (χ1v) is 5.57. The molecule has 0 bridgehead atoms. The fourth-order valence-corrected chi connectivity index (χ4v) is 1.89. The Bertz CT molecular complexity index is 283. The molecule has 0 aliphatic carbocycles. The minimum Gasteiger partial charge on any atom is -0.303 e. The van der Waals surface area contributed by atoms with E-state index in [4.69, 9.17) is 0 Å². The number of carbonyl (C=O) groups excluding carboxylic acids is 1. The van der Waals surface area contributed by atoms with E-state index >= 15 is 0 Å². The molecule has 0 radical (unpaired) electrons. The van der Waals surface area contributed by atoms with E-state index in [0.29, 0.717) is 0 Å². The van der Waals surface area contributed by atoms with Crippen LogP contribution in [-0.4, -0.2) is 12.5 Å². The number of rotatable bonds is 4. The third kappa shape index (κ3) is 2.88. The van der Waals surface area contributed by atoms with Gasteiger partial charge >= 0.3 is 0 Å². The lowest BCUT2D eigenvalue weighted by Gasteiger charge is -2.08. The zero-order valence-electron chi connectivity index (χ0n) is 7.99. The number of aldehydes is 1. The molecule has 0 saturated carbocycles. The highest BCUT2D eigenvalue weighted by Crippen LogP contribution is 2.21. The van der Waals surface area contributed by atoms with Crippen LogP contribution in [0.15, 0.2) is 29.2 Å². The summed E-state index contributed by atoms with van der Waals surface area (Å²) in [6.45, 7) is 1.95. The smallest absolute Gasteiger partial charge is 0.123 e. The normalized spacial score (nSPS) is 12.5. The molecule has 0 spiro atoms. The number of thioether (sulfide) groups is 1. The SMILES string of the molecule is CSc1ccccc1CC(C)C=O. The van der Waals surface area contributed by atoms with Crippen molar-refractivity contribution in [1.29, 1.82) is 0 Å². The van der Waals surface area contributed by atoms with Gasteiger partial charge in [0.15, 0.2) is 0 Å². The molecule has 1 nitrogen and oxygen atoms in total. The summed E-state index contributed by atoms with van der Waals surface area (Å²) in [4.78, 5) is 11.8. The highest BCUT2D eigenvalue weighted by atomic mass is 32.2. The van der Waals surface area contributed by atoms with Crippen molar-refractivity contribution in [3.05, 3.63) is 29.8 Å². The van der Waals surface area contributed by atoms with Gasteiger partial charge in [0.2, 0.25) is 0 Å². The first-order chi connectivity index (χ1) is 6.27. The molecule has 2 heteroatoms. The van der Waals surface area contributed by atoms with Crippen molar-refractivity contribution >= 4 is 18.0 Å². The van der Waals surface area contributed by atoms with E-state index in [2.05, 4.69) is 18.4 Å². The molecule has 1 aromatic rings. The minimum atomic E-state index is 0.119. The van der Waals surface area contributed by atoms with Gasteiger partial charge in [-0.1, -0.05) is 25.1 Å². The van der Waals surface area contributed by atoms with Gasteiger partial charge in [0.25, 0.3) is 0 Å². The molecule has 1 unspecified atom stereocenters. The van der Waals surface area contributed by atoms with E-state index in [9.17, 15) is 4.79 Å². The summed E-state index contributed by atoms with van der Waals surface area (Å²) in [6, 6.07) is 8.23. The van der Waals surface area contributed by atoms with Crippen LogP contribution in [0.25, 0.3) is 0 Å². The van der Waals surface area contributed by atoms with Crippen LogP contribution >= 0.6 is 11.8 Å². The van der Waals surface area contributed by atoms with Gasteiger partial charge in [-0.05, 0) is 24.3 Å². The van der Waals surface area contributed by atoms with Crippen LogP contribution in [0.2, 0.25) is 0 Å². The van der Waals surface area contributed by atoms with Crippen LogP contribution in [0.5, 0.6) is 0 Å². The van der Waals surface area contributed by atoms with Crippen molar-refractivity contribution in [2.24, 2.45) is 5.92 Å². The molecule has 0 aliphatic heterocycles. The third-order valence-electron chi connectivity index (χ3n) is 1.97. The zero-order chi connectivity index (χ0) is 9.68. The van der Waals surface area contributed by atoms with Crippen molar-refractivity contribution in [3.63, 3.8) is 0 Å². The van der Waals surface area contributed by atoms with Crippen molar-refractivity contribution in [2.45, 2.75) is 18.2 Å². The number of hydrogen-bond acceptors (Lipinski definition) is 2. The van der Waals surface area contributed by atoms with Crippen LogP contribution in [0.4, 0.5) is 0 Å². The summed E-state index contributed by atoms with van der Waals surface area (Å²) in [7, 11) is 0. The average Bonchev–Trinajstić information content (AvgIpc) is 2.18. The van der Waals surface area contributed by atoms with Crippen molar-refractivity contribution in [3.8, 4) is 0 Å². The molecule has 0 aromatic heterocycles. The van der Waals surface area contributed by atoms with E-state index in [1.54, 1.807) is 11.8 Å². The molecule has 0 N–H and O–H groups in total. The molecule has 0 saturated heterocycles. The Kier molecular flexibility index (Phi) is 4.03. The summed E-state index contributed by atoms with van der Waals surface area (Å²) in [5.74, 6) is 0.119. The Hall–Kier alpha value is -0.760.